The number of rotatable bonds is 3. The third-order valence-electron chi connectivity index (χ3n) is 5.85. The van der Waals surface area contributed by atoms with E-state index in [9.17, 15) is 40.5 Å². The number of benzene rings is 2. The van der Waals surface area contributed by atoms with Crippen LogP contribution in [0.1, 0.15) is 38.5 Å². The highest BCUT2D eigenvalue weighted by atomic mass is 16.5. The van der Waals surface area contributed by atoms with Crippen molar-refractivity contribution in [1.29, 1.82) is 0 Å². The van der Waals surface area contributed by atoms with Crippen molar-refractivity contribution in [3.8, 4) is 11.5 Å². The number of aliphatic hydroxyl groups is 5. The number of carbonyl (C=O) groups excluding carboxylic acids is 1. The summed E-state index contributed by atoms with van der Waals surface area (Å²) in [5.74, 6) is -2.34. The van der Waals surface area contributed by atoms with E-state index < -0.39 is 61.2 Å². The lowest BCUT2D eigenvalue weighted by atomic mass is 9.71. The van der Waals surface area contributed by atoms with Crippen LogP contribution < -0.4 is 0 Å². The van der Waals surface area contributed by atoms with Gasteiger partial charge in [-0.25, -0.2) is 0 Å². The third-order valence-corrected chi connectivity index (χ3v) is 5.85. The molecule has 9 nitrogen and oxygen atoms in total. The first-order chi connectivity index (χ1) is 14.3. The van der Waals surface area contributed by atoms with E-state index in [-0.39, 0.29) is 28.0 Å². The molecule has 30 heavy (non-hydrogen) atoms. The molecule has 6 atom stereocenters. The zero-order chi connectivity index (χ0) is 21.7. The number of ether oxygens (including phenoxy) is 1. The van der Waals surface area contributed by atoms with E-state index in [1.54, 1.807) is 6.07 Å². The highest BCUT2D eigenvalue weighted by Gasteiger charge is 2.50. The summed E-state index contributed by atoms with van der Waals surface area (Å²) in [4.78, 5) is 13.1. The van der Waals surface area contributed by atoms with E-state index >= 15 is 0 Å². The molecule has 1 aliphatic carbocycles. The summed E-state index contributed by atoms with van der Waals surface area (Å²) in [5, 5.41) is 71.0. The van der Waals surface area contributed by atoms with E-state index in [1.807, 2.05) is 0 Å². The minimum atomic E-state index is -1.64. The van der Waals surface area contributed by atoms with Crippen LogP contribution >= 0.6 is 0 Å². The number of aliphatic hydroxyl groups excluding tert-OH is 5. The van der Waals surface area contributed by atoms with Crippen molar-refractivity contribution in [1.82, 2.24) is 0 Å². The average molecular weight is 418 g/mol. The van der Waals surface area contributed by atoms with E-state index in [2.05, 4.69) is 0 Å². The molecule has 2 aromatic carbocycles. The average Bonchev–Trinajstić information content (AvgIpc) is 2.73. The van der Waals surface area contributed by atoms with Gasteiger partial charge in [-0.05, 0) is 28.8 Å². The highest BCUT2D eigenvalue weighted by molar-refractivity contribution is 6.16. The minimum absolute atomic E-state index is 0.0843. The Labute approximate surface area is 171 Å². The van der Waals surface area contributed by atoms with Gasteiger partial charge in [0, 0.05) is 5.92 Å². The molecular weight excluding hydrogens is 396 g/mol. The van der Waals surface area contributed by atoms with E-state index in [1.165, 1.54) is 24.3 Å². The zero-order valence-electron chi connectivity index (χ0n) is 15.7. The van der Waals surface area contributed by atoms with Gasteiger partial charge in [-0.3, -0.25) is 4.79 Å². The molecule has 2 aliphatic rings. The normalized spacial score (nSPS) is 30.6. The second-order valence-corrected chi connectivity index (χ2v) is 7.58. The first kappa shape index (κ1) is 20.7. The molecule has 0 saturated carbocycles. The number of phenolic OH excluding ortho intramolecular Hbond substituents is 2. The minimum Gasteiger partial charge on any atom is -0.507 e. The molecule has 1 aliphatic heterocycles. The maximum absolute atomic E-state index is 13.1. The van der Waals surface area contributed by atoms with Crippen LogP contribution in [0, 0.1) is 0 Å². The predicted octanol–water partition coefficient (Wildman–Crippen LogP) is -0.891. The predicted molar refractivity (Wildman–Crippen MR) is 101 cm³/mol. The smallest absolute Gasteiger partial charge is 0.201 e. The fourth-order valence-electron chi connectivity index (χ4n) is 4.41. The molecule has 7 N–H and O–H groups in total. The Balaban J connectivity index is 1.96. The molecular formula is C21H22O9. The van der Waals surface area contributed by atoms with Crippen LogP contribution in [-0.4, -0.2) is 78.7 Å². The number of hydrogen-bond donors (Lipinski definition) is 7. The summed E-state index contributed by atoms with van der Waals surface area (Å²) < 4.78 is 5.73. The van der Waals surface area contributed by atoms with Crippen molar-refractivity contribution in [2.24, 2.45) is 0 Å². The second kappa shape index (κ2) is 7.62. The van der Waals surface area contributed by atoms with Gasteiger partial charge in [-0.2, -0.15) is 0 Å². The highest BCUT2D eigenvalue weighted by Crippen LogP contribution is 2.47. The van der Waals surface area contributed by atoms with Crippen molar-refractivity contribution < 1.29 is 45.3 Å². The number of aromatic hydroxyl groups is 2. The number of hydrogen-bond acceptors (Lipinski definition) is 9. The van der Waals surface area contributed by atoms with Gasteiger partial charge >= 0.3 is 0 Å². The van der Waals surface area contributed by atoms with Crippen LogP contribution in [0.4, 0.5) is 0 Å². The van der Waals surface area contributed by atoms with Gasteiger partial charge in [-0.1, -0.05) is 18.2 Å². The van der Waals surface area contributed by atoms with Crippen molar-refractivity contribution >= 4 is 5.78 Å². The first-order valence-electron chi connectivity index (χ1n) is 9.43. The lowest BCUT2D eigenvalue weighted by Gasteiger charge is -2.45. The lowest BCUT2D eigenvalue weighted by molar-refractivity contribution is -0.232. The van der Waals surface area contributed by atoms with Gasteiger partial charge < -0.3 is 40.5 Å². The molecule has 9 heteroatoms. The quantitative estimate of drug-likeness (QED) is 0.334. The molecule has 0 bridgehead atoms. The van der Waals surface area contributed by atoms with Crippen molar-refractivity contribution in [3.05, 3.63) is 58.1 Å². The maximum atomic E-state index is 13.1. The summed E-state index contributed by atoms with van der Waals surface area (Å²) in [6.45, 7) is -1.06. The molecule has 160 valence electrons. The molecule has 1 fully saturated rings. The molecule has 1 saturated heterocycles. The molecule has 0 spiro atoms. The second-order valence-electron chi connectivity index (χ2n) is 7.58. The molecule has 0 aromatic heterocycles. The van der Waals surface area contributed by atoms with Crippen molar-refractivity contribution in [3.63, 3.8) is 0 Å². The van der Waals surface area contributed by atoms with Gasteiger partial charge in [-0.15, -0.1) is 0 Å². The van der Waals surface area contributed by atoms with Gasteiger partial charge in [0.25, 0.3) is 0 Å². The Morgan fingerprint density at radius 3 is 2.23 bits per heavy atom. The molecule has 2 aromatic rings. The Kier molecular flexibility index (Phi) is 5.27. The van der Waals surface area contributed by atoms with Crippen LogP contribution in [0.2, 0.25) is 0 Å². The van der Waals surface area contributed by atoms with Gasteiger partial charge in [0.05, 0.1) is 30.4 Å². The fourth-order valence-corrected chi connectivity index (χ4v) is 4.41. The van der Waals surface area contributed by atoms with Crippen LogP contribution in [0.25, 0.3) is 0 Å². The topological polar surface area (TPSA) is 168 Å². The van der Waals surface area contributed by atoms with E-state index in [0.29, 0.717) is 5.56 Å². The number of fused-ring (bicyclic) bond motifs is 2. The van der Waals surface area contributed by atoms with Gasteiger partial charge in [0.2, 0.25) is 5.78 Å². The summed E-state index contributed by atoms with van der Waals surface area (Å²) in [6, 6.07) is 7.06. The number of carbonyl (C=O) groups is 1. The summed E-state index contributed by atoms with van der Waals surface area (Å²) in [6.07, 6.45) is -7.22. The number of phenols is 2. The fraction of sp³-hybridized carbons (Fsp3) is 0.381. The van der Waals surface area contributed by atoms with Crippen LogP contribution in [0.15, 0.2) is 30.3 Å². The summed E-state index contributed by atoms with van der Waals surface area (Å²) in [7, 11) is 0. The Hall–Kier alpha value is -2.53. The summed E-state index contributed by atoms with van der Waals surface area (Å²) in [5.41, 5.74) is 0.609. The molecule has 0 radical (unpaired) electrons. The largest absolute Gasteiger partial charge is 0.507 e. The van der Waals surface area contributed by atoms with Crippen molar-refractivity contribution in [2.75, 3.05) is 6.61 Å². The third kappa shape index (κ3) is 2.99. The lowest BCUT2D eigenvalue weighted by Crippen LogP contribution is -2.60. The van der Waals surface area contributed by atoms with E-state index in [0.717, 1.165) is 0 Å². The Bertz CT molecular complexity index is 987. The van der Waals surface area contributed by atoms with Crippen LogP contribution in [-0.2, 0) is 11.3 Å². The maximum Gasteiger partial charge on any atom is 0.201 e. The van der Waals surface area contributed by atoms with Gasteiger partial charge in [0.1, 0.15) is 35.9 Å². The van der Waals surface area contributed by atoms with Crippen LogP contribution in [0.3, 0.4) is 0 Å². The number of ketones is 1. The van der Waals surface area contributed by atoms with Gasteiger partial charge in [0.15, 0.2) is 0 Å². The molecule has 4 rings (SSSR count). The van der Waals surface area contributed by atoms with E-state index in [4.69, 9.17) is 4.74 Å². The standard InChI is InChI=1S/C21H22O9/c22-6-8-4-10-14(21-20(29)19(28)17(26)13(7-23)30-21)9-2-1-3-11(24)15(9)18(27)16(10)12(25)5-8/h1-5,13-14,17,19-26,28-29H,6-7H2/t13-,14-,17-,19+,20-,21+/m1/s1. The molecule has 0 amide bonds. The van der Waals surface area contributed by atoms with Crippen LogP contribution in [0.5, 0.6) is 11.5 Å². The first-order valence-corrected chi connectivity index (χ1v) is 9.43. The van der Waals surface area contributed by atoms with Crippen molar-refractivity contribution in [2.45, 2.75) is 43.0 Å². The monoisotopic (exact) mass is 418 g/mol. The Morgan fingerprint density at radius 2 is 1.57 bits per heavy atom. The molecule has 1 heterocycles. The zero-order valence-corrected chi connectivity index (χ0v) is 15.7. The summed E-state index contributed by atoms with van der Waals surface area (Å²) >= 11 is 0. The molecule has 0 unspecified atom stereocenters. The Morgan fingerprint density at radius 1 is 0.867 bits per heavy atom. The SMILES string of the molecule is O=C1c2c(O)cccc2[C@@H]([C@@H]2O[C@H](CO)[C@@H](O)[C@H](O)[C@H]2O)c2cc(CO)cc(O)c21.